The quantitative estimate of drug-likeness (QED) is 0.815. The molecule has 1 aromatic carbocycles. The van der Waals surface area contributed by atoms with E-state index in [4.69, 9.17) is 4.74 Å². The standard InChI is InChI=1S/C16H18F2N4O2S/c1-4-5-16(22-19-8-25-16)23-12-9(2)6-11(7-10(12)3)14-20-15(13(17)18)24-21-14/h6-8,13,22H,4-5H2,1-3H3. The number of benzene rings is 1. The lowest BCUT2D eigenvalue weighted by atomic mass is 10.1. The van der Waals surface area contributed by atoms with Crippen molar-refractivity contribution in [3.05, 3.63) is 29.2 Å². The second kappa shape index (κ2) is 6.99. The van der Waals surface area contributed by atoms with Crippen LogP contribution in [0.25, 0.3) is 11.4 Å². The molecule has 1 N–H and O–H groups in total. The van der Waals surface area contributed by atoms with E-state index in [-0.39, 0.29) is 5.82 Å². The highest BCUT2D eigenvalue weighted by atomic mass is 32.2. The van der Waals surface area contributed by atoms with E-state index >= 15 is 0 Å². The normalized spacial score (nSPS) is 19.4. The van der Waals surface area contributed by atoms with Crippen molar-refractivity contribution in [2.45, 2.75) is 45.1 Å². The Morgan fingerprint density at radius 3 is 2.56 bits per heavy atom. The fourth-order valence-corrected chi connectivity index (χ4v) is 3.49. The molecule has 1 unspecified atom stereocenters. The number of halogens is 2. The number of aryl methyl sites for hydroxylation is 2. The molecule has 0 spiro atoms. The second-order valence-electron chi connectivity index (χ2n) is 5.77. The molecule has 0 saturated carbocycles. The molecule has 6 nitrogen and oxygen atoms in total. The van der Waals surface area contributed by atoms with E-state index in [2.05, 4.69) is 32.1 Å². The van der Waals surface area contributed by atoms with Crippen LogP contribution in [0.1, 0.15) is 43.2 Å². The first-order chi connectivity index (χ1) is 11.9. The molecular weight excluding hydrogens is 350 g/mol. The summed E-state index contributed by atoms with van der Waals surface area (Å²) in [5, 5.41) is 7.05. The topological polar surface area (TPSA) is 72.5 Å². The van der Waals surface area contributed by atoms with E-state index in [0.29, 0.717) is 5.56 Å². The molecule has 25 heavy (non-hydrogen) atoms. The molecule has 0 aliphatic carbocycles. The van der Waals surface area contributed by atoms with Gasteiger partial charge in [-0.15, -0.1) is 0 Å². The van der Waals surface area contributed by atoms with Crippen molar-refractivity contribution in [1.82, 2.24) is 15.6 Å². The SMILES string of the molecule is CCCC1(Oc2c(C)cc(-c3noc(C(F)F)n3)cc2C)NN=CS1. The molecule has 1 atom stereocenters. The van der Waals surface area contributed by atoms with Gasteiger partial charge in [0.15, 0.2) is 0 Å². The maximum absolute atomic E-state index is 12.6. The first-order valence-electron chi connectivity index (χ1n) is 7.83. The number of hydrogen-bond acceptors (Lipinski definition) is 7. The summed E-state index contributed by atoms with van der Waals surface area (Å²) in [7, 11) is 0. The van der Waals surface area contributed by atoms with Crippen LogP contribution in [0.5, 0.6) is 5.75 Å². The molecule has 9 heteroatoms. The third-order valence-corrected chi connectivity index (χ3v) is 4.69. The van der Waals surface area contributed by atoms with Gasteiger partial charge >= 0.3 is 6.43 Å². The number of thioether (sulfide) groups is 1. The molecule has 2 heterocycles. The Hall–Kier alpha value is -2.16. The molecule has 3 rings (SSSR count). The fourth-order valence-electron chi connectivity index (χ4n) is 2.65. The molecule has 0 saturated heterocycles. The van der Waals surface area contributed by atoms with Gasteiger partial charge in [0.25, 0.3) is 5.89 Å². The number of hydrogen-bond donors (Lipinski definition) is 1. The zero-order valence-corrected chi connectivity index (χ0v) is 14.9. The molecule has 1 aromatic heterocycles. The van der Waals surface area contributed by atoms with Crippen molar-refractivity contribution in [2.24, 2.45) is 5.10 Å². The minimum Gasteiger partial charge on any atom is -0.456 e. The van der Waals surface area contributed by atoms with Crippen LogP contribution in [-0.4, -0.2) is 20.7 Å². The Morgan fingerprint density at radius 2 is 2.04 bits per heavy atom. The number of nitrogens with zero attached hydrogens (tertiary/aromatic N) is 3. The Morgan fingerprint density at radius 1 is 1.32 bits per heavy atom. The van der Waals surface area contributed by atoms with Crippen molar-refractivity contribution in [2.75, 3.05) is 0 Å². The first-order valence-corrected chi connectivity index (χ1v) is 8.71. The summed E-state index contributed by atoms with van der Waals surface area (Å²) in [6, 6.07) is 3.59. The lowest BCUT2D eigenvalue weighted by Crippen LogP contribution is -2.42. The average Bonchev–Trinajstić information content (AvgIpc) is 3.21. The Bertz CT molecular complexity index is 763. The Kier molecular flexibility index (Phi) is 4.94. The van der Waals surface area contributed by atoms with Gasteiger partial charge in [0, 0.05) is 12.0 Å². The maximum Gasteiger partial charge on any atom is 0.315 e. The van der Waals surface area contributed by atoms with Crippen molar-refractivity contribution in [3.63, 3.8) is 0 Å². The lowest BCUT2D eigenvalue weighted by molar-refractivity contribution is 0.106. The summed E-state index contributed by atoms with van der Waals surface area (Å²) in [4.78, 5) is 3.73. The highest BCUT2D eigenvalue weighted by Crippen LogP contribution is 2.37. The third kappa shape index (κ3) is 3.60. The van der Waals surface area contributed by atoms with Crippen LogP contribution in [0.3, 0.4) is 0 Å². The van der Waals surface area contributed by atoms with E-state index in [1.807, 2.05) is 13.8 Å². The third-order valence-electron chi connectivity index (χ3n) is 3.72. The lowest BCUT2D eigenvalue weighted by Gasteiger charge is -2.29. The van der Waals surface area contributed by atoms with Crippen LogP contribution in [0.2, 0.25) is 0 Å². The van der Waals surface area contributed by atoms with Gasteiger partial charge in [0.1, 0.15) is 5.75 Å². The van der Waals surface area contributed by atoms with Crippen LogP contribution < -0.4 is 10.2 Å². The van der Waals surface area contributed by atoms with Crippen LogP contribution in [0.15, 0.2) is 21.8 Å². The van der Waals surface area contributed by atoms with Gasteiger partial charge in [-0.05, 0) is 55.3 Å². The summed E-state index contributed by atoms with van der Waals surface area (Å²) >= 11 is 1.49. The number of hydrazone groups is 1. The van der Waals surface area contributed by atoms with E-state index in [1.165, 1.54) is 11.8 Å². The smallest absolute Gasteiger partial charge is 0.315 e. The predicted molar refractivity (Wildman–Crippen MR) is 91.7 cm³/mol. The molecule has 2 aromatic rings. The number of rotatable bonds is 6. The Balaban J connectivity index is 1.89. The largest absolute Gasteiger partial charge is 0.456 e. The fraction of sp³-hybridized carbons (Fsp3) is 0.438. The Labute approximate surface area is 148 Å². The molecule has 1 aliphatic heterocycles. The highest BCUT2D eigenvalue weighted by Gasteiger charge is 2.35. The predicted octanol–water partition coefficient (Wildman–Crippen LogP) is 4.40. The van der Waals surface area contributed by atoms with Gasteiger partial charge in [-0.3, -0.25) is 5.43 Å². The second-order valence-corrected chi connectivity index (χ2v) is 6.87. The number of alkyl halides is 2. The zero-order chi connectivity index (χ0) is 18.0. The van der Waals surface area contributed by atoms with Gasteiger partial charge in [0.05, 0.1) is 5.55 Å². The van der Waals surface area contributed by atoms with Gasteiger partial charge in [0.2, 0.25) is 10.9 Å². The molecule has 0 radical (unpaired) electrons. The number of ether oxygens (including phenoxy) is 1. The summed E-state index contributed by atoms with van der Waals surface area (Å²) in [6.07, 6.45) is -1.08. The molecule has 0 amide bonds. The monoisotopic (exact) mass is 368 g/mol. The van der Waals surface area contributed by atoms with Crippen molar-refractivity contribution in [3.8, 4) is 17.1 Å². The van der Waals surface area contributed by atoms with Crippen LogP contribution in [0.4, 0.5) is 8.78 Å². The number of nitrogens with one attached hydrogen (secondary N) is 1. The van der Waals surface area contributed by atoms with Gasteiger partial charge < -0.3 is 9.26 Å². The minimum atomic E-state index is -2.79. The van der Waals surface area contributed by atoms with Crippen LogP contribution in [-0.2, 0) is 0 Å². The first kappa shape index (κ1) is 17.7. The van der Waals surface area contributed by atoms with E-state index in [9.17, 15) is 8.78 Å². The van der Waals surface area contributed by atoms with Gasteiger partial charge in [-0.1, -0.05) is 12.1 Å². The van der Waals surface area contributed by atoms with E-state index < -0.39 is 17.4 Å². The van der Waals surface area contributed by atoms with Crippen LogP contribution in [0, 0.1) is 13.8 Å². The zero-order valence-electron chi connectivity index (χ0n) is 14.0. The molecule has 0 bridgehead atoms. The molecule has 0 fully saturated rings. The molecular formula is C16H18F2N4O2S. The van der Waals surface area contributed by atoms with E-state index in [1.54, 1.807) is 17.7 Å². The summed E-state index contributed by atoms with van der Waals surface area (Å²) in [5.41, 5.74) is 7.05. The highest BCUT2D eigenvalue weighted by molar-refractivity contribution is 8.13. The minimum absolute atomic E-state index is 0.132. The average molecular weight is 368 g/mol. The van der Waals surface area contributed by atoms with Gasteiger partial charge in [-0.2, -0.15) is 18.9 Å². The van der Waals surface area contributed by atoms with E-state index in [0.717, 1.165) is 29.7 Å². The van der Waals surface area contributed by atoms with Crippen molar-refractivity contribution >= 4 is 17.3 Å². The van der Waals surface area contributed by atoms with Crippen LogP contribution >= 0.6 is 11.8 Å². The van der Waals surface area contributed by atoms with Crippen molar-refractivity contribution in [1.29, 1.82) is 0 Å². The summed E-state index contributed by atoms with van der Waals surface area (Å²) < 4.78 is 36.1. The maximum atomic E-state index is 12.6. The van der Waals surface area contributed by atoms with Gasteiger partial charge in [-0.25, -0.2) is 0 Å². The summed E-state index contributed by atoms with van der Waals surface area (Å²) in [5.74, 6) is 0.171. The van der Waals surface area contributed by atoms with Crippen molar-refractivity contribution < 1.29 is 18.0 Å². The number of aromatic nitrogens is 2. The summed E-state index contributed by atoms with van der Waals surface area (Å²) in [6.45, 7) is 5.85. The molecule has 134 valence electrons. The molecule has 1 aliphatic rings.